The summed E-state index contributed by atoms with van der Waals surface area (Å²) in [6, 6.07) is 11.7. The fraction of sp³-hybridized carbons (Fsp3) is 0.556. The van der Waals surface area contributed by atoms with Gasteiger partial charge in [0.2, 0.25) is 0 Å². The molecule has 1 heteroatoms. The Bertz CT molecular complexity index is 378. The molecule has 0 amide bonds. The maximum absolute atomic E-state index is 3.84. The second-order valence-electron chi connectivity index (χ2n) is 5.75. The van der Waals surface area contributed by atoms with E-state index in [4.69, 9.17) is 0 Å². The summed E-state index contributed by atoms with van der Waals surface area (Å²) in [5.74, 6) is 0. The highest BCUT2D eigenvalue weighted by atomic mass is 14.9. The summed E-state index contributed by atoms with van der Waals surface area (Å²) in [4.78, 5) is 0. The Morgan fingerprint density at radius 2 is 2.05 bits per heavy atom. The highest BCUT2D eigenvalue weighted by molar-refractivity contribution is 5.33. The van der Waals surface area contributed by atoms with E-state index in [0.29, 0.717) is 11.5 Å². The molecule has 1 atom stereocenters. The van der Waals surface area contributed by atoms with Crippen molar-refractivity contribution in [3.63, 3.8) is 0 Å². The number of hydrogen-bond donors (Lipinski definition) is 1. The van der Waals surface area contributed by atoms with Crippen LogP contribution in [0.15, 0.2) is 43.0 Å². The minimum absolute atomic E-state index is 0.414. The van der Waals surface area contributed by atoms with Crippen molar-refractivity contribution < 1.29 is 0 Å². The van der Waals surface area contributed by atoms with Crippen LogP contribution in [0.2, 0.25) is 0 Å². The number of allylic oxidation sites excluding steroid dienone is 1. The Balaban J connectivity index is 2.06. The molecule has 1 aromatic carbocycles. The van der Waals surface area contributed by atoms with E-state index >= 15 is 0 Å². The third kappa shape index (κ3) is 3.48. The molecule has 0 aromatic heterocycles. The van der Waals surface area contributed by atoms with Crippen molar-refractivity contribution in [2.45, 2.75) is 56.9 Å². The Labute approximate surface area is 118 Å². The summed E-state index contributed by atoms with van der Waals surface area (Å²) in [7, 11) is 0. The predicted molar refractivity (Wildman–Crippen MR) is 83.5 cm³/mol. The smallest absolute Gasteiger partial charge is 0.0164 e. The first-order valence-electron chi connectivity index (χ1n) is 7.73. The van der Waals surface area contributed by atoms with Gasteiger partial charge < -0.3 is 5.32 Å². The normalized spacial score (nSPS) is 17.9. The average Bonchev–Trinajstić information content (AvgIpc) is 3.25. The summed E-state index contributed by atoms with van der Waals surface area (Å²) >= 11 is 0. The second-order valence-corrected chi connectivity index (χ2v) is 5.75. The van der Waals surface area contributed by atoms with Crippen LogP contribution < -0.4 is 5.32 Å². The van der Waals surface area contributed by atoms with Crippen LogP contribution in [0.3, 0.4) is 0 Å². The highest BCUT2D eigenvalue weighted by Crippen LogP contribution is 2.52. The van der Waals surface area contributed by atoms with Gasteiger partial charge in [-0.25, -0.2) is 0 Å². The Hall–Kier alpha value is -1.08. The second kappa shape index (κ2) is 6.91. The van der Waals surface area contributed by atoms with Crippen LogP contribution in [0.4, 0.5) is 0 Å². The zero-order valence-electron chi connectivity index (χ0n) is 12.2. The molecule has 1 aliphatic rings. The Morgan fingerprint density at radius 1 is 1.32 bits per heavy atom. The van der Waals surface area contributed by atoms with Crippen LogP contribution in [0, 0.1) is 0 Å². The number of hydrogen-bond acceptors (Lipinski definition) is 1. The maximum Gasteiger partial charge on any atom is 0.0164 e. The molecule has 0 saturated heterocycles. The molecular formula is C18H27N. The Morgan fingerprint density at radius 3 is 2.63 bits per heavy atom. The van der Waals surface area contributed by atoms with Gasteiger partial charge in [-0.05, 0) is 50.6 Å². The first-order chi connectivity index (χ1) is 9.33. The van der Waals surface area contributed by atoms with E-state index in [-0.39, 0.29) is 0 Å². The van der Waals surface area contributed by atoms with Crippen LogP contribution in [0.5, 0.6) is 0 Å². The zero-order valence-corrected chi connectivity index (χ0v) is 12.2. The first-order valence-corrected chi connectivity index (χ1v) is 7.73. The SMILES string of the molecule is C=CCCCC(NCCC)C1(c2ccccc2)CC1. The van der Waals surface area contributed by atoms with Crippen molar-refractivity contribution in [3.8, 4) is 0 Å². The van der Waals surface area contributed by atoms with Gasteiger partial charge in [-0.15, -0.1) is 6.58 Å². The van der Waals surface area contributed by atoms with Crippen molar-refractivity contribution >= 4 is 0 Å². The summed E-state index contributed by atoms with van der Waals surface area (Å²) in [6.45, 7) is 7.21. The van der Waals surface area contributed by atoms with Gasteiger partial charge >= 0.3 is 0 Å². The lowest BCUT2D eigenvalue weighted by molar-refractivity contribution is 0.384. The van der Waals surface area contributed by atoms with Crippen LogP contribution in [-0.4, -0.2) is 12.6 Å². The number of rotatable bonds is 9. The highest BCUT2D eigenvalue weighted by Gasteiger charge is 2.49. The molecule has 1 aromatic rings. The average molecular weight is 257 g/mol. The number of nitrogens with one attached hydrogen (secondary N) is 1. The lowest BCUT2D eigenvalue weighted by atomic mass is 9.85. The van der Waals surface area contributed by atoms with E-state index in [1.165, 1.54) is 37.7 Å². The van der Waals surface area contributed by atoms with Crippen LogP contribution in [0.25, 0.3) is 0 Å². The van der Waals surface area contributed by atoms with Gasteiger partial charge in [0.05, 0.1) is 0 Å². The van der Waals surface area contributed by atoms with Crippen molar-refractivity contribution in [1.29, 1.82) is 0 Å². The molecule has 1 saturated carbocycles. The van der Waals surface area contributed by atoms with Gasteiger partial charge in [0.1, 0.15) is 0 Å². The van der Waals surface area contributed by atoms with Crippen molar-refractivity contribution in [1.82, 2.24) is 5.32 Å². The molecule has 1 unspecified atom stereocenters. The van der Waals surface area contributed by atoms with Crippen molar-refractivity contribution in [3.05, 3.63) is 48.6 Å². The molecule has 1 N–H and O–H groups in total. The number of unbranched alkanes of at least 4 members (excludes halogenated alkanes) is 1. The summed E-state index contributed by atoms with van der Waals surface area (Å²) in [6.07, 6.45) is 9.58. The van der Waals surface area contributed by atoms with Crippen molar-refractivity contribution in [2.75, 3.05) is 6.54 Å². The van der Waals surface area contributed by atoms with E-state index in [1.807, 2.05) is 6.08 Å². The van der Waals surface area contributed by atoms with E-state index < -0.39 is 0 Å². The molecule has 104 valence electrons. The van der Waals surface area contributed by atoms with Crippen molar-refractivity contribution in [2.24, 2.45) is 0 Å². The van der Waals surface area contributed by atoms with Crippen LogP contribution >= 0.6 is 0 Å². The molecular weight excluding hydrogens is 230 g/mol. The van der Waals surface area contributed by atoms with Crippen LogP contribution in [-0.2, 0) is 5.41 Å². The van der Waals surface area contributed by atoms with E-state index in [0.717, 1.165) is 13.0 Å². The standard InChI is InChI=1S/C18H27N/c1-3-5-7-12-17(19-15-4-2)18(13-14-18)16-10-8-6-9-11-16/h3,6,8-11,17,19H,1,4-5,7,12-15H2,2H3. The third-order valence-corrected chi connectivity index (χ3v) is 4.35. The lowest BCUT2D eigenvalue weighted by Gasteiger charge is -2.29. The van der Waals surface area contributed by atoms with Gasteiger partial charge in [0.15, 0.2) is 0 Å². The molecule has 1 aliphatic carbocycles. The minimum atomic E-state index is 0.414. The fourth-order valence-electron chi connectivity index (χ4n) is 3.10. The van der Waals surface area contributed by atoms with E-state index in [9.17, 15) is 0 Å². The van der Waals surface area contributed by atoms with Gasteiger partial charge in [0, 0.05) is 11.5 Å². The summed E-state index contributed by atoms with van der Waals surface area (Å²) in [5, 5.41) is 3.80. The van der Waals surface area contributed by atoms with E-state index in [2.05, 4.69) is 49.2 Å². The predicted octanol–water partition coefficient (Wildman–Crippen LogP) is 4.44. The zero-order chi connectivity index (χ0) is 13.6. The molecule has 0 spiro atoms. The van der Waals surface area contributed by atoms with Gasteiger partial charge in [-0.1, -0.05) is 43.3 Å². The largest absolute Gasteiger partial charge is 0.313 e. The summed E-state index contributed by atoms with van der Waals surface area (Å²) in [5.41, 5.74) is 1.94. The quantitative estimate of drug-likeness (QED) is 0.509. The van der Waals surface area contributed by atoms with Gasteiger partial charge in [-0.3, -0.25) is 0 Å². The summed E-state index contributed by atoms with van der Waals surface area (Å²) < 4.78 is 0. The Kier molecular flexibility index (Phi) is 5.21. The molecule has 19 heavy (non-hydrogen) atoms. The fourth-order valence-corrected chi connectivity index (χ4v) is 3.10. The topological polar surface area (TPSA) is 12.0 Å². The van der Waals surface area contributed by atoms with Gasteiger partial charge in [0.25, 0.3) is 0 Å². The van der Waals surface area contributed by atoms with Gasteiger partial charge in [-0.2, -0.15) is 0 Å². The minimum Gasteiger partial charge on any atom is -0.313 e. The molecule has 0 radical (unpaired) electrons. The number of benzene rings is 1. The molecule has 2 rings (SSSR count). The molecule has 0 heterocycles. The monoisotopic (exact) mass is 257 g/mol. The first kappa shape index (κ1) is 14.3. The third-order valence-electron chi connectivity index (χ3n) is 4.35. The lowest BCUT2D eigenvalue weighted by Crippen LogP contribution is -2.40. The maximum atomic E-state index is 3.84. The molecule has 0 bridgehead atoms. The van der Waals surface area contributed by atoms with E-state index in [1.54, 1.807) is 0 Å². The molecule has 1 nitrogen and oxygen atoms in total. The molecule has 1 fully saturated rings. The van der Waals surface area contributed by atoms with Crippen LogP contribution in [0.1, 0.15) is 51.0 Å². The molecule has 0 aliphatic heterocycles.